The van der Waals surface area contributed by atoms with E-state index < -0.39 is 11.8 Å². The number of fused-ring (bicyclic) bond motifs is 1. The summed E-state index contributed by atoms with van der Waals surface area (Å²) in [5, 5.41) is 11.2. The SMILES string of the molecule is O=C(O)COCc1ccc(/C=C2\C(=O)Nc3ccc(F)cc32)[se]1. The summed E-state index contributed by atoms with van der Waals surface area (Å²) in [7, 11) is 0. The van der Waals surface area contributed by atoms with Gasteiger partial charge in [0, 0.05) is 0 Å². The number of carbonyl (C=O) groups excluding carboxylic acids is 1. The van der Waals surface area contributed by atoms with Crippen LogP contribution in [0.5, 0.6) is 0 Å². The van der Waals surface area contributed by atoms with Gasteiger partial charge in [0.25, 0.3) is 0 Å². The van der Waals surface area contributed by atoms with Crippen LogP contribution in [0.1, 0.15) is 14.4 Å². The molecular formula is C16H12FNO4Se. The topological polar surface area (TPSA) is 75.6 Å². The van der Waals surface area contributed by atoms with Gasteiger partial charge in [0.05, 0.1) is 0 Å². The molecule has 1 amide bonds. The van der Waals surface area contributed by atoms with Gasteiger partial charge in [-0.2, -0.15) is 0 Å². The van der Waals surface area contributed by atoms with E-state index in [1.807, 2.05) is 12.1 Å². The average Bonchev–Trinajstić information content (AvgIpc) is 3.05. The summed E-state index contributed by atoms with van der Waals surface area (Å²) in [6, 6.07) is 7.93. The predicted molar refractivity (Wildman–Crippen MR) is 83.6 cm³/mol. The molecule has 0 saturated carbocycles. The predicted octanol–water partition coefficient (Wildman–Crippen LogP) is 1.98. The van der Waals surface area contributed by atoms with Gasteiger partial charge >= 0.3 is 137 Å². The maximum absolute atomic E-state index is 13.4. The number of ether oxygens (including phenoxy) is 1. The first-order valence-electron chi connectivity index (χ1n) is 6.74. The Bertz CT molecular complexity index is 812. The van der Waals surface area contributed by atoms with Gasteiger partial charge in [-0.15, -0.1) is 0 Å². The van der Waals surface area contributed by atoms with Crippen molar-refractivity contribution in [1.29, 1.82) is 0 Å². The molecule has 0 aliphatic carbocycles. The Morgan fingerprint density at radius 1 is 1.35 bits per heavy atom. The van der Waals surface area contributed by atoms with Crippen molar-refractivity contribution >= 4 is 43.7 Å². The van der Waals surface area contributed by atoms with Gasteiger partial charge in [-0.1, -0.05) is 0 Å². The minimum absolute atomic E-state index is 0.0398. The van der Waals surface area contributed by atoms with Crippen molar-refractivity contribution in [3.05, 3.63) is 50.6 Å². The molecule has 1 aromatic heterocycles. The van der Waals surface area contributed by atoms with Gasteiger partial charge in [0.1, 0.15) is 0 Å². The zero-order valence-corrected chi connectivity index (χ0v) is 13.5. The van der Waals surface area contributed by atoms with E-state index in [1.165, 1.54) is 12.1 Å². The fourth-order valence-corrected chi connectivity index (χ4v) is 4.11. The second kappa shape index (κ2) is 6.50. The molecule has 1 aliphatic rings. The first-order valence-corrected chi connectivity index (χ1v) is 8.45. The summed E-state index contributed by atoms with van der Waals surface area (Å²) in [6.45, 7) is -0.0776. The number of halogens is 1. The van der Waals surface area contributed by atoms with Crippen molar-refractivity contribution in [2.24, 2.45) is 0 Å². The molecule has 0 radical (unpaired) electrons. The number of carboxylic acid groups (broad SMARTS) is 1. The van der Waals surface area contributed by atoms with Crippen LogP contribution in [0.15, 0.2) is 30.3 Å². The molecule has 118 valence electrons. The number of carbonyl (C=O) groups is 2. The molecule has 0 fully saturated rings. The molecular weight excluding hydrogens is 368 g/mol. The zero-order chi connectivity index (χ0) is 16.4. The number of anilines is 1. The molecule has 0 atom stereocenters. The molecule has 3 rings (SSSR count). The summed E-state index contributed by atoms with van der Waals surface area (Å²) < 4.78 is 20.4. The van der Waals surface area contributed by atoms with Gasteiger partial charge in [0.15, 0.2) is 0 Å². The molecule has 7 heteroatoms. The standard InChI is InChI=1S/C16H12FNO4Se/c17-9-1-4-14-12(5-9)13(16(21)18-14)6-10-2-3-11(23-10)7-22-8-15(19)20/h1-6H,7-8H2,(H,18,21)(H,19,20)/b13-6-. The van der Waals surface area contributed by atoms with E-state index in [4.69, 9.17) is 9.84 Å². The zero-order valence-electron chi connectivity index (χ0n) is 11.8. The second-order valence-corrected chi connectivity index (χ2v) is 7.41. The summed E-state index contributed by atoms with van der Waals surface area (Å²) in [5.74, 6) is -1.65. The Morgan fingerprint density at radius 2 is 2.17 bits per heavy atom. The third-order valence-corrected chi connectivity index (χ3v) is 5.31. The van der Waals surface area contributed by atoms with Crippen LogP contribution in [0.2, 0.25) is 0 Å². The first-order chi connectivity index (χ1) is 11.0. The molecule has 5 nitrogen and oxygen atoms in total. The van der Waals surface area contributed by atoms with Crippen LogP contribution in [-0.2, 0) is 20.9 Å². The fourth-order valence-electron chi connectivity index (χ4n) is 2.23. The number of hydrogen-bond acceptors (Lipinski definition) is 3. The van der Waals surface area contributed by atoms with Crippen molar-refractivity contribution in [2.75, 3.05) is 11.9 Å². The monoisotopic (exact) mass is 381 g/mol. The van der Waals surface area contributed by atoms with Crippen molar-refractivity contribution in [3.63, 3.8) is 0 Å². The number of benzene rings is 1. The Morgan fingerprint density at radius 3 is 2.96 bits per heavy atom. The number of aliphatic carboxylic acids is 1. The number of hydrogen-bond donors (Lipinski definition) is 2. The molecule has 23 heavy (non-hydrogen) atoms. The summed E-state index contributed by atoms with van der Waals surface area (Å²) in [5.41, 5.74) is 1.60. The number of carboxylic acids is 1. The van der Waals surface area contributed by atoms with Crippen molar-refractivity contribution in [2.45, 2.75) is 6.61 Å². The molecule has 2 aromatic rings. The Labute approximate surface area is 137 Å². The van der Waals surface area contributed by atoms with E-state index in [1.54, 1.807) is 12.1 Å². The van der Waals surface area contributed by atoms with Crippen LogP contribution in [-0.4, -0.2) is 38.1 Å². The Balaban J connectivity index is 1.80. The van der Waals surface area contributed by atoms with Gasteiger partial charge in [-0.25, -0.2) is 0 Å². The average molecular weight is 380 g/mol. The van der Waals surface area contributed by atoms with E-state index in [2.05, 4.69) is 5.32 Å². The van der Waals surface area contributed by atoms with E-state index in [0.717, 1.165) is 8.87 Å². The van der Waals surface area contributed by atoms with Crippen LogP contribution < -0.4 is 5.32 Å². The van der Waals surface area contributed by atoms with E-state index in [-0.39, 0.29) is 33.6 Å². The van der Waals surface area contributed by atoms with E-state index in [0.29, 0.717) is 16.8 Å². The number of amides is 1. The van der Waals surface area contributed by atoms with Gasteiger partial charge < -0.3 is 0 Å². The second-order valence-electron chi connectivity index (χ2n) is 4.89. The van der Waals surface area contributed by atoms with Crippen LogP contribution in [0.25, 0.3) is 11.6 Å². The molecule has 2 N–H and O–H groups in total. The van der Waals surface area contributed by atoms with Crippen LogP contribution in [0.4, 0.5) is 10.1 Å². The molecule has 0 unspecified atom stereocenters. The van der Waals surface area contributed by atoms with Crippen LogP contribution in [0, 0.1) is 5.82 Å². The molecule has 2 heterocycles. The van der Waals surface area contributed by atoms with Gasteiger partial charge in [-0.05, 0) is 0 Å². The summed E-state index contributed by atoms with van der Waals surface area (Å²) in [4.78, 5) is 22.4. The molecule has 0 bridgehead atoms. The molecule has 0 spiro atoms. The molecule has 1 aromatic carbocycles. The van der Waals surface area contributed by atoms with Crippen LogP contribution in [0.3, 0.4) is 0 Å². The Kier molecular flexibility index (Phi) is 4.43. The fraction of sp³-hybridized carbons (Fsp3) is 0.125. The van der Waals surface area contributed by atoms with Gasteiger partial charge in [0.2, 0.25) is 0 Å². The van der Waals surface area contributed by atoms with E-state index >= 15 is 0 Å². The third kappa shape index (κ3) is 3.59. The Hall–Kier alpha value is -2.21. The quantitative estimate of drug-likeness (QED) is 0.615. The molecule has 0 saturated heterocycles. The first kappa shape index (κ1) is 15.7. The van der Waals surface area contributed by atoms with Crippen LogP contribution >= 0.6 is 0 Å². The van der Waals surface area contributed by atoms with Crippen molar-refractivity contribution in [1.82, 2.24) is 0 Å². The maximum atomic E-state index is 13.4. The third-order valence-electron chi connectivity index (χ3n) is 3.20. The normalized spacial score (nSPS) is 14.8. The van der Waals surface area contributed by atoms with Gasteiger partial charge in [-0.3, -0.25) is 0 Å². The van der Waals surface area contributed by atoms with Crippen molar-refractivity contribution < 1.29 is 23.8 Å². The van der Waals surface area contributed by atoms with Crippen molar-refractivity contribution in [3.8, 4) is 0 Å². The summed E-state index contributed by atoms with van der Waals surface area (Å²) in [6.07, 6.45) is 1.75. The molecule has 1 aliphatic heterocycles. The number of nitrogens with one attached hydrogen (secondary N) is 1. The minimum atomic E-state index is -1.01. The summed E-state index contributed by atoms with van der Waals surface area (Å²) >= 11 is -0.0398. The number of rotatable bonds is 5. The van der Waals surface area contributed by atoms with E-state index in [9.17, 15) is 14.0 Å².